The standard InChI is InChI=1S/C30H28N4O7/c1-2-25(29(40)32-24(17-27(37)38)26(36)18-33-14-11-22(35)12-15-33)34-13-5-8-23(30(34)41)31-28(39)21-10-9-19-6-3-4-7-20(19)16-21/h3-16,24-25H,2,17-18H2,1H3,(H,31,39)(H,32,40)(H,37,38). The number of nitrogens with zero attached hydrogens (tertiary/aromatic N) is 2. The number of aliphatic carboxylic acids is 1. The number of anilines is 1. The number of carboxylic acid groups (broad SMARTS) is 1. The van der Waals surface area contributed by atoms with Gasteiger partial charge >= 0.3 is 5.97 Å². The summed E-state index contributed by atoms with van der Waals surface area (Å²) in [5.41, 5.74) is -0.594. The Morgan fingerprint density at radius 2 is 1.59 bits per heavy atom. The van der Waals surface area contributed by atoms with Gasteiger partial charge in [0.25, 0.3) is 11.5 Å². The van der Waals surface area contributed by atoms with E-state index in [4.69, 9.17) is 0 Å². The summed E-state index contributed by atoms with van der Waals surface area (Å²) in [6.07, 6.45) is 3.62. The lowest BCUT2D eigenvalue weighted by atomic mass is 10.1. The Balaban J connectivity index is 1.52. The summed E-state index contributed by atoms with van der Waals surface area (Å²) in [5.74, 6) is -3.12. The fourth-order valence-electron chi connectivity index (χ4n) is 4.41. The molecule has 0 saturated heterocycles. The van der Waals surface area contributed by atoms with Crippen LogP contribution in [0.3, 0.4) is 0 Å². The van der Waals surface area contributed by atoms with E-state index < -0.39 is 47.6 Å². The predicted molar refractivity (Wildman–Crippen MR) is 152 cm³/mol. The molecule has 2 unspecified atom stereocenters. The van der Waals surface area contributed by atoms with Crippen molar-refractivity contribution in [2.24, 2.45) is 0 Å². The zero-order valence-electron chi connectivity index (χ0n) is 22.2. The van der Waals surface area contributed by atoms with Gasteiger partial charge < -0.3 is 24.9 Å². The molecule has 210 valence electrons. The average Bonchev–Trinajstić information content (AvgIpc) is 2.95. The summed E-state index contributed by atoms with van der Waals surface area (Å²) in [6.45, 7) is 1.39. The van der Waals surface area contributed by atoms with Crippen molar-refractivity contribution in [3.05, 3.63) is 111 Å². The molecule has 4 aromatic rings. The van der Waals surface area contributed by atoms with Gasteiger partial charge in [0.1, 0.15) is 11.7 Å². The molecule has 0 saturated carbocycles. The van der Waals surface area contributed by atoms with E-state index in [1.807, 2.05) is 24.3 Å². The molecule has 11 heteroatoms. The van der Waals surface area contributed by atoms with Crippen LogP contribution in [0.25, 0.3) is 10.8 Å². The van der Waals surface area contributed by atoms with Crippen LogP contribution in [0.5, 0.6) is 0 Å². The van der Waals surface area contributed by atoms with E-state index >= 15 is 0 Å². The second-order valence-electron chi connectivity index (χ2n) is 9.41. The third-order valence-corrected chi connectivity index (χ3v) is 6.54. The molecule has 0 bridgehead atoms. The Hall–Kier alpha value is -5.32. The molecular formula is C30H28N4O7. The van der Waals surface area contributed by atoms with E-state index in [1.54, 1.807) is 25.1 Å². The van der Waals surface area contributed by atoms with Crippen molar-refractivity contribution in [2.75, 3.05) is 5.32 Å². The Kier molecular flexibility index (Phi) is 8.88. The summed E-state index contributed by atoms with van der Waals surface area (Å²) in [4.78, 5) is 75.1. The van der Waals surface area contributed by atoms with Crippen molar-refractivity contribution in [1.29, 1.82) is 0 Å². The Morgan fingerprint density at radius 1 is 0.878 bits per heavy atom. The normalized spacial score (nSPS) is 12.3. The highest BCUT2D eigenvalue weighted by Crippen LogP contribution is 2.17. The van der Waals surface area contributed by atoms with Gasteiger partial charge in [-0.2, -0.15) is 0 Å². The van der Waals surface area contributed by atoms with Crippen molar-refractivity contribution in [3.8, 4) is 0 Å². The summed E-state index contributed by atoms with van der Waals surface area (Å²) in [6, 6.07) is 15.7. The van der Waals surface area contributed by atoms with Crippen LogP contribution in [-0.2, 0) is 20.9 Å². The average molecular weight is 557 g/mol. The van der Waals surface area contributed by atoms with Crippen LogP contribution >= 0.6 is 0 Å². The maximum Gasteiger partial charge on any atom is 0.305 e. The van der Waals surface area contributed by atoms with Crippen LogP contribution in [0.2, 0.25) is 0 Å². The third-order valence-electron chi connectivity index (χ3n) is 6.54. The maximum atomic E-state index is 13.3. The highest BCUT2D eigenvalue weighted by molar-refractivity contribution is 6.06. The molecule has 0 fully saturated rings. The van der Waals surface area contributed by atoms with Crippen LogP contribution in [0.1, 0.15) is 36.2 Å². The van der Waals surface area contributed by atoms with Gasteiger partial charge in [-0.25, -0.2) is 0 Å². The summed E-state index contributed by atoms with van der Waals surface area (Å²) in [5, 5.41) is 16.2. The van der Waals surface area contributed by atoms with Crippen LogP contribution < -0.4 is 21.6 Å². The number of carboxylic acids is 1. The van der Waals surface area contributed by atoms with E-state index in [0.717, 1.165) is 15.3 Å². The summed E-state index contributed by atoms with van der Waals surface area (Å²) < 4.78 is 2.53. The Morgan fingerprint density at radius 3 is 2.27 bits per heavy atom. The fraction of sp³-hybridized carbons (Fsp3) is 0.200. The van der Waals surface area contributed by atoms with Crippen molar-refractivity contribution >= 4 is 40.0 Å². The van der Waals surface area contributed by atoms with Gasteiger partial charge in [-0.3, -0.25) is 28.8 Å². The molecule has 2 aromatic carbocycles. The van der Waals surface area contributed by atoms with E-state index in [2.05, 4.69) is 10.6 Å². The van der Waals surface area contributed by atoms with Gasteiger partial charge in [0.05, 0.1) is 19.0 Å². The van der Waals surface area contributed by atoms with Crippen LogP contribution in [-0.4, -0.2) is 43.8 Å². The van der Waals surface area contributed by atoms with Crippen LogP contribution in [0.15, 0.2) is 94.9 Å². The van der Waals surface area contributed by atoms with Crippen molar-refractivity contribution in [3.63, 3.8) is 0 Å². The van der Waals surface area contributed by atoms with Crippen LogP contribution in [0, 0.1) is 0 Å². The second-order valence-corrected chi connectivity index (χ2v) is 9.41. The van der Waals surface area contributed by atoms with Gasteiger partial charge in [-0.15, -0.1) is 0 Å². The number of carbonyl (C=O) groups is 4. The highest BCUT2D eigenvalue weighted by Gasteiger charge is 2.28. The molecule has 2 heterocycles. The SMILES string of the molecule is CCC(C(=O)NC(CC(=O)O)C(=O)Cn1ccc(=O)cc1)n1cccc(NC(=O)c2ccc3ccccc3c2)c1=O. The third kappa shape index (κ3) is 7.01. The molecule has 41 heavy (non-hydrogen) atoms. The van der Waals surface area contributed by atoms with Gasteiger partial charge in [0, 0.05) is 36.3 Å². The first kappa shape index (κ1) is 28.7. The molecule has 2 aromatic heterocycles. The minimum Gasteiger partial charge on any atom is -0.481 e. The number of fused-ring (bicyclic) bond motifs is 1. The number of rotatable bonds is 11. The molecule has 11 nitrogen and oxygen atoms in total. The monoisotopic (exact) mass is 556 g/mol. The number of hydrogen-bond acceptors (Lipinski definition) is 6. The number of hydrogen-bond donors (Lipinski definition) is 3. The second kappa shape index (κ2) is 12.7. The first-order chi connectivity index (χ1) is 19.7. The first-order valence-electron chi connectivity index (χ1n) is 12.9. The molecule has 2 amide bonds. The highest BCUT2D eigenvalue weighted by atomic mass is 16.4. The Bertz CT molecular complexity index is 1720. The quantitative estimate of drug-likeness (QED) is 0.256. The largest absolute Gasteiger partial charge is 0.481 e. The molecule has 2 atom stereocenters. The van der Waals surface area contributed by atoms with Crippen LogP contribution in [0.4, 0.5) is 5.69 Å². The number of nitrogens with one attached hydrogen (secondary N) is 2. The molecular weight excluding hydrogens is 528 g/mol. The molecule has 0 aliphatic heterocycles. The van der Waals surface area contributed by atoms with E-state index in [0.29, 0.717) is 5.56 Å². The summed E-state index contributed by atoms with van der Waals surface area (Å²) in [7, 11) is 0. The number of Topliss-reactive ketones (excluding diaryl/α,β-unsaturated/α-hetero) is 1. The number of pyridine rings is 2. The molecule has 0 spiro atoms. The zero-order valence-corrected chi connectivity index (χ0v) is 22.2. The Labute approximate surface area is 234 Å². The lowest BCUT2D eigenvalue weighted by molar-refractivity contribution is -0.140. The van der Waals surface area contributed by atoms with Gasteiger partial charge in [-0.05, 0) is 41.5 Å². The van der Waals surface area contributed by atoms with Crippen molar-refractivity contribution in [2.45, 2.75) is 38.4 Å². The lowest BCUT2D eigenvalue weighted by Crippen LogP contribution is -2.47. The number of aromatic nitrogens is 2. The molecule has 0 aliphatic rings. The van der Waals surface area contributed by atoms with E-state index in [-0.39, 0.29) is 24.1 Å². The smallest absolute Gasteiger partial charge is 0.305 e. The molecule has 0 aliphatic carbocycles. The fourth-order valence-corrected chi connectivity index (χ4v) is 4.41. The number of benzene rings is 2. The van der Waals surface area contributed by atoms with Crippen molar-refractivity contribution < 1.29 is 24.3 Å². The van der Waals surface area contributed by atoms with Crippen molar-refractivity contribution in [1.82, 2.24) is 14.5 Å². The van der Waals surface area contributed by atoms with Gasteiger partial charge in [-0.1, -0.05) is 37.3 Å². The van der Waals surface area contributed by atoms with E-state index in [1.165, 1.54) is 47.4 Å². The first-order valence-corrected chi connectivity index (χ1v) is 12.9. The van der Waals surface area contributed by atoms with E-state index in [9.17, 15) is 33.9 Å². The molecule has 3 N–H and O–H groups in total. The minimum atomic E-state index is -1.38. The number of carbonyl (C=O) groups excluding carboxylic acids is 3. The maximum absolute atomic E-state index is 13.3. The zero-order chi connectivity index (χ0) is 29.5. The lowest BCUT2D eigenvalue weighted by Gasteiger charge is -2.22. The number of amides is 2. The van der Waals surface area contributed by atoms with Gasteiger partial charge in [0.2, 0.25) is 5.91 Å². The van der Waals surface area contributed by atoms with Gasteiger partial charge in [0.15, 0.2) is 11.2 Å². The molecule has 4 rings (SSSR count). The topological polar surface area (TPSA) is 157 Å². The number of ketones is 1. The minimum absolute atomic E-state index is 0.0479. The summed E-state index contributed by atoms with van der Waals surface area (Å²) >= 11 is 0. The molecule has 0 radical (unpaired) electrons. The predicted octanol–water partition coefficient (Wildman–Crippen LogP) is 2.60.